The lowest BCUT2D eigenvalue weighted by atomic mass is 10.0. The van der Waals surface area contributed by atoms with E-state index in [1.54, 1.807) is 42.5 Å². The van der Waals surface area contributed by atoms with Crippen LogP contribution in [0.4, 0.5) is 10.5 Å². The van der Waals surface area contributed by atoms with Crippen LogP contribution in [0.25, 0.3) is 0 Å². The van der Waals surface area contributed by atoms with E-state index < -0.39 is 22.9 Å². The van der Waals surface area contributed by atoms with Gasteiger partial charge in [0.1, 0.15) is 4.84 Å². The molecule has 2 aromatic rings. The van der Waals surface area contributed by atoms with E-state index in [2.05, 4.69) is 0 Å². The van der Waals surface area contributed by atoms with Crippen molar-refractivity contribution in [3.63, 3.8) is 0 Å². The first kappa shape index (κ1) is 15.8. The van der Waals surface area contributed by atoms with Gasteiger partial charge in [-0.2, -0.15) is 0 Å². The average Bonchev–Trinajstić information content (AvgIpc) is 2.63. The summed E-state index contributed by atoms with van der Waals surface area (Å²) >= 11 is 11.9. The second kappa shape index (κ2) is 6.22. The largest absolute Gasteiger partial charge is 0.438 e. The minimum Gasteiger partial charge on any atom is -0.438 e. The number of hydrogen-bond donors (Lipinski definition) is 0. The van der Waals surface area contributed by atoms with E-state index in [9.17, 15) is 9.59 Å². The molecule has 1 unspecified atom stereocenters. The number of alkyl halides is 2. The highest BCUT2D eigenvalue weighted by atomic mass is 35.5. The molecule has 1 aliphatic rings. The molecule has 0 radical (unpaired) electrons. The molecule has 4 nitrogen and oxygen atoms in total. The van der Waals surface area contributed by atoms with E-state index in [-0.39, 0.29) is 0 Å². The van der Waals surface area contributed by atoms with Gasteiger partial charge < -0.3 is 4.74 Å². The molecule has 2 aromatic carbocycles. The zero-order valence-corrected chi connectivity index (χ0v) is 13.7. The maximum absolute atomic E-state index is 12.9. The molecule has 0 fully saturated rings. The monoisotopic (exact) mass is 349 g/mol. The van der Waals surface area contributed by atoms with E-state index in [1.807, 2.05) is 13.0 Å². The SMILES string of the molecule is Cc1cccc(N2C(=O)OC(C(Cl)Cl)c3ccccc3C2=O)c1. The summed E-state index contributed by atoms with van der Waals surface area (Å²) in [5, 5.41) is 0. The molecule has 3 rings (SSSR count). The molecule has 1 atom stereocenters. The average molecular weight is 350 g/mol. The van der Waals surface area contributed by atoms with Crippen molar-refractivity contribution in [3.8, 4) is 0 Å². The highest BCUT2D eigenvalue weighted by Crippen LogP contribution is 2.35. The van der Waals surface area contributed by atoms with Gasteiger partial charge in [-0.25, -0.2) is 9.69 Å². The molecule has 0 bridgehead atoms. The topological polar surface area (TPSA) is 46.6 Å². The van der Waals surface area contributed by atoms with Crippen LogP contribution in [0.15, 0.2) is 48.5 Å². The van der Waals surface area contributed by atoms with Crippen molar-refractivity contribution >= 4 is 40.9 Å². The van der Waals surface area contributed by atoms with Crippen molar-refractivity contribution in [1.29, 1.82) is 0 Å². The van der Waals surface area contributed by atoms with Crippen LogP contribution in [0, 0.1) is 6.92 Å². The number of anilines is 1. The van der Waals surface area contributed by atoms with Crippen molar-refractivity contribution in [2.75, 3.05) is 4.90 Å². The van der Waals surface area contributed by atoms with Crippen LogP contribution in [0.2, 0.25) is 0 Å². The minimum atomic E-state index is -0.981. The van der Waals surface area contributed by atoms with Crippen LogP contribution in [0.5, 0.6) is 0 Å². The first-order valence-electron chi connectivity index (χ1n) is 6.98. The Morgan fingerprint density at radius 2 is 1.83 bits per heavy atom. The maximum atomic E-state index is 12.9. The van der Waals surface area contributed by atoms with Crippen LogP contribution < -0.4 is 4.90 Å². The fourth-order valence-electron chi connectivity index (χ4n) is 2.54. The molecular weight excluding hydrogens is 337 g/mol. The first-order valence-corrected chi connectivity index (χ1v) is 7.85. The lowest BCUT2D eigenvalue weighted by Gasteiger charge is -2.20. The zero-order valence-electron chi connectivity index (χ0n) is 12.2. The number of amides is 2. The van der Waals surface area contributed by atoms with E-state index in [0.717, 1.165) is 10.5 Å². The van der Waals surface area contributed by atoms with Crippen molar-refractivity contribution < 1.29 is 14.3 Å². The molecule has 0 saturated carbocycles. The zero-order chi connectivity index (χ0) is 16.6. The molecule has 0 N–H and O–H groups in total. The standard InChI is InChI=1S/C17H13Cl2NO3/c1-10-5-4-6-11(9-10)20-16(21)13-8-3-2-7-12(13)14(15(18)19)23-17(20)22/h2-9,14-15H,1H3. The number of imide groups is 1. The predicted molar refractivity (Wildman–Crippen MR) is 89.1 cm³/mol. The number of aryl methyl sites for hydroxylation is 1. The Morgan fingerprint density at radius 3 is 2.52 bits per heavy atom. The number of hydrogen-bond acceptors (Lipinski definition) is 3. The molecule has 118 valence electrons. The number of carbonyl (C=O) groups excluding carboxylic acids is 2. The third-order valence-electron chi connectivity index (χ3n) is 3.60. The Bertz CT molecular complexity index is 776. The summed E-state index contributed by atoms with van der Waals surface area (Å²) < 4.78 is 5.38. The Kier molecular flexibility index (Phi) is 4.28. The molecule has 2 amide bonds. The number of cyclic esters (lactones) is 1. The number of rotatable bonds is 2. The summed E-state index contributed by atoms with van der Waals surface area (Å²) in [6, 6.07) is 13.8. The van der Waals surface area contributed by atoms with Gasteiger partial charge >= 0.3 is 6.09 Å². The highest BCUT2D eigenvalue weighted by Gasteiger charge is 2.38. The number of ether oxygens (including phenoxy) is 1. The second-order valence-electron chi connectivity index (χ2n) is 5.21. The molecule has 0 aromatic heterocycles. The van der Waals surface area contributed by atoms with Gasteiger partial charge in [0.25, 0.3) is 5.91 Å². The molecule has 1 aliphatic heterocycles. The quantitative estimate of drug-likeness (QED) is 0.742. The van der Waals surface area contributed by atoms with E-state index in [0.29, 0.717) is 16.8 Å². The van der Waals surface area contributed by atoms with Crippen LogP contribution in [-0.4, -0.2) is 16.8 Å². The molecule has 23 heavy (non-hydrogen) atoms. The summed E-state index contributed by atoms with van der Waals surface area (Å²) in [4.78, 5) is 25.4. The van der Waals surface area contributed by atoms with Gasteiger partial charge in [-0.3, -0.25) is 4.79 Å². The molecule has 0 spiro atoms. The highest BCUT2D eigenvalue weighted by molar-refractivity contribution is 6.44. The third kappa shape index (κ3) is 2.92. The van der Waals surface area contributed by atoms with Gasteiger partial charge in [0, 0.05) is 11.1 Å². The fourth-order valence-corrected chi connectivity index (χ4v) is 2.92. The van der Waals surface area contributed by atoms with Crippen molar-refractivity contribution in [1.82, 2.24) is 0 Å². The van der Waals surface area contributed by atoms with Crippen LogP contribution in [-0.2, 0) is 4.74 Å². The van der Waals surface area contributed by atoms with Gasteiger partial charge in [-0.15, -0.1) is 23.2 Å². The lowest BCUT2D eigenvalue weighted by Crippen LogP contribution is -2.36. The van der Waals surface area contributed by atoms with Gasteiger partial charge in [0.05, 0.1) is 5.69 Å². The first-order chi connectivity index (χ1) is 11.0. The van der Waals surface area contributed by atoms with Gasteiger partial charge in [0.2, 0.25) is 0 Å². The number of halogens is 2. The van der Waals surface area contributed by atoms with Crippen molar-refractivity contribution in [3.05, 3.63) is 65.2 Å². The molecular formula is C17H13Cl2NO3. The fraction of sp³-hybridized carbons (Fsp3) is 0.176. The van der Waals surface area contributed by atoms with Crippen molar-refractivity contribution in [2.45, 2.75) is 17.9 Å². The van der Waals surface area contributed by atoms with E-state index in [1.165, 1.54) is 0 Å². The van der Waals surface area contributed by atoms with Gasteiger partial charge in [0.15, 0.2) is 6.10 Å². The number of carbonyl (C=O) groups is 2. The Labute approximate surface area is 143 Å². The van der Waals surface area contributed by atoms with Gasteiger partial charge in [-0.05, 0) is 30.7 Å². The van der Waals surface area contributed by atoms with Gasteiger partial charge in [-0.1, -0.05) is 30.3 Å². The number of nitrogens with zero attached hydrogens (tertiary/aromatic N) is 1. The summed E-state index contributed by atoms with van der Waals surface area (Å²) in [6.07, 6.45) is -1.70. The predicted octanol–water partition coefficient (Wildman–Crippen LogP) is 4.64. The molecule has 0 saturated heterocycles. The lowest BCUT2D eigenvalue weighted by molar-refractivity contribution is 0.0952. The normalized spacial score (nSPS) is 17.7. The second-order valence-corrected chi connectivity index (χ2v) is 6.37. The number of fused-ring (bicyclic) bond motifs is 1. The summed E-state index contributed by atoms with van der Waals surface area (Å²) in [5.74, 6) is -0.465. The summed E-state index contributed by atoms with van der Waals surface area (Å²) in [7, 11) is 0. The summed E-state index contributed by atoms with van der Waals surface area (Å²) in [5.41, 5.74) is 2.20. The Hall–Kier alpha value is -2.04. The third-order valence-corrected chi connectivity index (χ3v) is 4.06. The molecule has 6 heteroatoms. The molecule has 0 aliphatic carbocycles. The van der Waals surface area contributed by atoms with Crippen LogP contribution in [0.3, 0.4) is 0 Å². The maximum Gasteiger partial charge on any atom is 0.422 e. The molecule has 1 heterocycles. The Balaban J connectivity index is 2.15. The van der Waals surface area contributed by atoms with Crippen LogP contribution >= 0.6 is 23.2 Å². The van der Waals surface area contributed by atoms with Crippen molar-refractivity contribution in [2.24, 2.45) is 0 Å². The Morgan fingerprint density at radius 1 is 1.09 bits per heavy atom. The number of benzene rings is 2. The van der Waals surface area contributed by atoms with E-state index in [4.69, 9.17) is 27.9 Å². The minimum absolute atomic E-state index is 0.344. The smallest absolute Gasteiger partial charge is 0.422 e. The van der Waals surface area contributed by atoms with Crippen LogP contribution in [0.1, 0.15) is 27.6 Å². The van der Waals surface area contributed by atoms with E-state index >= 15 is 0 Å². The summed E-state index contributed by atoms with van der Waals surface area (Å²) in [6.45, 7) is 1.88.